The molecule has 0 bridgehead atoms. The standard InChI is InChI=1S/C17H11Br2NO4/c1-2-5-23-15-11(18)7-10(8-12(15)19)9-13-17(21)24-16(20-13)14-4-3-6-22-14/h2-4,6-9H,1,5H2/b13-9-. The largest absolute Gasteiger partial charge is 0.487 e. The number of rotatable bonds is 5. The predicted octanol–water partition coefficient (Wildman–Crippen LogP) is 4.71. The van der Waals surface area contributed by atoms with Crippen LogP contribution in [0.5, 0.6) is 5.75 Å². The molecule has 1 aliphatic heterocycles. The van der Waals surface area contributed by atoms with Crippen molar-refractivity contribution in [3.8, 4) is 5.75 Å². The molecule has 2 aromatic rings. The van der Waals surface area contributed by atoms with Crippen LogP contribution in [0.4, 0.5) is 0 Å². The molecule has 7 heteroatoms. The maximum atomic E-state index is 12.0. The van der Waals surface area contributed by atoms with E-state index in [1.165, 1.54) is 6.26 Å². The maximum Gasteiger partial charge on any atom is 0.363 e. The Bertz CT molecular complexity index is 830. The van der Waals surface area contributed by atoms with E-state index in [1.807, 2.05) is 12.1 Å². The molecule has 0 N–H and O–H groups in total. The highest BCUT2D eigenvalue weighted by atomic mass is 79.9. The molecule has 0 unspecified atom stereocenters. The Morgan fingerprint density at radius 3 is 2.67 bits per heavy atom. The van der Waals surface area contributed by atoms with Crippen molar-refractivity contribution in [2.75, 3.05) is 6.61 Å². The zero-order valence-corrected chi connectivity index (χ0v) is 15.5. The van der Waals surface area contributed by atoms with Gasteiger partial charge in [0.25, 0.3) is 5.90 Å². The zero-order valence-electron chi connectivity index (χ0n) is 12.3. The number of carbonyl (C=O) groups excluding carboxylic acids is 1. The summed E-state index contributed by atoms with van der Waals surface area (Å²) in [5, 5.41) is 0. The molecule has 0 spiro atoms. The van der Waals surface area contributed by atoms with E-state index in [4.69, 9.17) is 13.9 Å². The van der Waals surface area contributed by atoms with E-state index >= 15 is 0 Å². The molecule has 0 radical (unpaired) electrons. The molecule has 0 atom stereocenters. The number of aliphatic imine (C=N–C) groups is 1. The molecule has 0 saturated carbocycles. The topological polar surface area (TPSA) is 61.0 Å². The Morgan fingerprint density at radius 2 is 2.04 bits per heavy atom. The van der Waals surface area contributed by atoms with Crippen LogP contribution in [0.25, 0.3) is 6.08 Å². The van der Waals surface area contributed by atoms with Crippen molar-refractivity contribution in [2.45, 2.75) is 0 Å². The quantitative estimate of drug-likeness (QED) is 0.374. The van der Waals surface area contributed by atoms with Crippen molar-refractivity contribution in [1.82, 2.24) is 0 Å². The smallest absolute Gasteiger partial charge is 0.363 e. The summed E-state index contributed by atoms with van der Waals surface area (Å²) in [7, 11) is 0. The third-order valence-electron chi connectivity index (χ3n) is 3.02. The summed E-state index contributed by atoms with van der Waals surface area (Å²) in [6, 6.07) is 7.02. The fourth-order valence-electron chi connectivity index (χ4n) is 2.02. The summed E-state index contributed by atoms with van der Waals surface area (Å²) in [6.07, 6.45) is 4.78. The lowest BCUT2D eigenvalue weighted by Crippen LogP contribution is -2.04. The van der Waals surface area contributed by atoms with Gasteiger partial charge in [-0.2, -0.15) is 0 Å². The highest BCUT2D eigenvalue weighted by Gasteiger charge is 2.25. The number of esters is 1. The minimum atomic E-state index is -0.527. The minimum Gasteiger partial charge on any atom is -0.487 e. The van der Waals surface area contributed by atoms with E-state index < -0.39 is 5.97 Å². The predicted molar refractivity (Wildman–Crippen MR) is 96.8 cm³/mol. The number of hydrogen-bond donors (Lipinski definition) is 0. The van der Waals surface area contributed by atoms with Crippen LogP contribution in [0.15, 0.2) is 67.2 Å². The Labute approximate surface area is 154 Å². The first kappa shape index (κ1) is 16.7. The van der Waals surface area contributed by atoms with Gasteiger partial charge < -0.3 is 13.9 Å². The van der Waals surface area contributed by atoms with Gasteiger partial charge in [-0.25, -0.2) is 9.79 Å². The summed E-state index contributed by atoms with van der Waals surface area (Å²) < 4.78 is 17.3. The second kappa shape index (κ2) is 7.19. The van der Waals surface area contributed by atoms with Crippen LogP contribution in [-0.2, 0) is 9.53 Å². The molecule has 1 aromatic heterocycles. The van der Waals surface area contributed by atoms with Gasteiger partial charge >= 0.3 is 5.97 Å². The lowest BCUT2D eigenvalue weighted by Gasteiger charge is -2.09. The maximum absolute atomic E-state index is 12.0. The molecule has 5 nitrogen and oxygen atoms in total. The molecule has 1 aliphatic rings. The second-order valence-electron chi connectivity index (χ2n) is 4.73. The molecule has 2 heterocycles. The first-order chi connectivity index (χ1) is 11.6. The van der Waals surface area contributed by atoms with Gasteiger partial charge in [0.2, 0.25) is 0 Å². The van der Waals surface area contributed by atoms with Crippen molar-refractivity contribution in [3.63, 3.8) is 0 Å². The van der Waals surface area contributed by atoms with E-state index in [-0.39, 0.29) is 11.6 Å². The number of hydrogen-bond acceptors (Lipinski definition) is 5. The van der Waals surface area contributed by atoms with Gasteiger partial charge in [0.05, 0.1) is 15.2 Å². The molecule has 1 aromatic carbocycles. The van der Waals surface area contributed by atoms with Crippen LogP contribution in [0, 0.1) is 0 Å². The second-order valence-corrected chi connectivity index (χ2v) is 6.44. The number of nitrogens with zero attached hydrogens (tertiary/aromatic N) is 1. The van der Waals surface area contributed by atoms with Crippen molar-refractivity contribution in [1.29, 1.82) is 0 Å². The van der Waals surface area contributed by atoms with Gasteiger partial charge in [-0.3, -0.25) is 0 Å². The Kier molecular flexibility index (Phi) is 5.01. The molecule has 0 saturated heterocycles. The Morgan fingerprint density at radius 1 is 1.29 bits per heavy atom. The number of ether oxygens (including phenoxy) is 2. The molecular formula is C17H11Br2NO4. The molecule has 3 rings (SSSR count). The SMILES string of the molecule is C=CCOc1c(Br)cc(/C=C2\N=C(c3ccco3)OC2=O)cc1Br. The van der Waals surface area contributed by atoms with Gasteiger partial charge in [0, 0.05) is 0 Å². The third kappa shape index (κ3) is 3.52. The Balaban J connectivity index is 1.91. The summed E-state index contributed by atoms with van der Waals surface area (Å²) in [5.74, 6) is 0.689. The van der Waals surface area contributed by atoms with Crippen molar-refractivity contribution in [3.05, 3.63) is 69.1 Å². The van der Waals surface area contributed by atoms with E-state index in [9.17, 15) is 4.79 Å². The van der Waals surface area contributed by atoms with Gasteiger partial charge in [-0.1, -0.05) is 12.7 Å². The number of furan rings is 1. The summed E-state index contributed by atoms with van der Waals surface area (Å²) in [6.45, 7) is 4.01. The van der Waals surface area contributed by atoms with E-state index in [2.05, 4.69) is 43.4 Å². The van der Waals surface area contributed by atoms with Crippen molar-refractivity contribution in [2.24, 2.45) is 4.99 Å². The average molecular weight is 453 g/mol. The molecule has 122 valence electrons. The average Bonchev–Trinajstić information content (AvgIpc) is 3.17. The summed E-state index contributed by atoms with van der Waals surface area (Å²) in [5.41, 5.74) is 0.955. The van der Waals surface area contributed by atoms with Crippen molar-refractivity contribution >= 4 is 49.8 Å². The Hall–Kier alpha value is -2.12. The van der Waals surface area contributed by atoms with Crippen molar-refractivity contribution < 1.29 is 18.7 Å². The molecule has 0 amide bonds. The van der Waals surface area contributed by atoms with Gasteiger partial charge in [0.1, 0.15) is 12.4 Å². The van der Waals surface area contributed by atoms with E-state index in [0.29, 0.717) is 18.1 Å². The molecule has 0 fully saturated rings. The number of benzene rings is 1. The molecular weight excluding hydrogens is 442 g/mol. The monoisotopic (exact) mass is 451 g/mol. The number of carbonyl (C=O) groups is 1. The van der Waals surface area contributed by atoms with Gasteiger partial charge in [-0.15, -0.1) is 0 Å². The fourth-order valence-corrected chi connectivity index (χ4v) is 3.47. The summed E-state index contributed by atoms with van der Waals surface area (Å²) in [4.78, 5) is 16.1. The fraction of sp³-hybridized carbons (Fsp3) is 0.0588. The van der Waals surface area contributed by atoms with E-state index in [0.717, 1.165) is 14.5 Å². The van der Waals surface area contributed by atoms with Crippen LogP contribution < -0.4 is 4.74 Å². The zero-order chi connectivity index (χ0) is 17.1. The van der Waals surface area contributed by atoms with Crippen LogP contribution in [0.2, 0.25) is 0 Å². The third-order valence-corrected chi connectivity index (χ3v) is 4.20. The van der Waals surface area contributed by atoms with Gasteiger partial charge in [-0.05, 0) is 67.8 Å². The normalized spacial score (nSPS) is 15.3. The lowest BCUT2D eigenvalue weighted by molar-refractivity contribution is -0.130. The van der Waals surface area contributed by atoms with E-state index in [1.54, 1.807) is 24.3 Å². The minimum absolute atomic E-state index is 0.153. The first-order valence-corrected chi connectivity index (χ1v) is 8.46. The van der Waals surface area contributed by atoms with Crippen LogP contribution in [-0.4, -0.2) is 18.5 Å². The first-order valence-electron chi connectivity index (χ1n) is 6.87. The van der Waals surface area contributed by atoms with Crippen LogP contribution in [0.3, 0.4) is 0 Å². The highest BCUT2D eigenvalue weighted by Crippen LogP contribution is 2.35. The van der Waals surface area contributed by atoms with Gasteiger partial charge in [0.15, 0.2) is 11.5 Å². The van der Waals surface area contributed by atoms with Crippen LogP contribution >= 0.6 is 31.9 Å². The number of halogens is 2. The number of cyclic esters (lactones) is 1. The van der Waals surface area contributed by atoms with Crippen LogP contribution in [0.1, 0.15) is 11.3 Å². The lowest BCUT2D eigenvalue weighted by atomic mass is 10.2. The molecule has 24 heavy (non-hydrogen) atoms. The molecule has 0 aliphatic carbocycles. The highest BCUT2D eigenvalue weighted by molar-refractivity contribution is 9.11. The summed E-state index contributed by atoms with van der Waals surface area (Å²) >= 11 is 6.90.